The number of Topliss-reactive ketones (excluding diaryl/α,β-unsaturated/α-hetero) is 1. The van der Waals surface area contributed by atoms with Gasteiger partial charge in [-0.05, 0) is 35.0 Å². The number of esters is 1. The van der Waals surface area contributed by atoms with Crippen molar-refractivity contribution in [3.8, 4) is 5.75 Å². The van der Waals surface area contributed by atoms with Gasteiger partial charge in [0, 0.05) is 6.20 Å². The normalized spacial score (nSPS) is 10.5. The maximum atomic E-state index is 12.0. The first kappa shape index (κ1) is 13.9. The number of carbonyl (C=O) groups is 2. The van der Waals surface area contributed by atoms with Gasteiger partial charge < -0.3 is 14.8 Å². The average molecular weight is 295 g/mol. The first-order chi connectivity index (χ1) is 10.6. The Hall–Kier alpha value is -3.08. The van der Waals surface area contributed by atoms with Crippen LogP contribution in [0.2, 0.25) is 0 Å². The van der Waals surface area contributed by atoms with Crippen LogP contribution < -0.4 is 0 Å². The highest BCUT2D eigenvalue weighted by molar-refractivity contribution is 6.01. The van der Waals surface area contributed by atoms with E-state index in [0.717, 1.165) is 10.8 Å². The van der Waals surface area contributed by atoms with Gasteiger partial charge in [-0.3, -0.25) is 4.79 Å². The molecule has 110 valence electrons. The van der Waals surface area contributed by atoms with Gasteiger partial charge in [-0.15, -0.1) is 0 Å². The number of hydrogen-bond acceptors (Lipinski definition) is 4. The fourth-order valence-electron chi connectivity index (χ4n) is 2.18. The summed E-state index contributed by atoms with van der Waals surface area (Å²) in [6, 6.07) is 13.7. The van der Waals surface area contributed by atoms with Gasteiger partial charge in [-0.1, -0.05) is 24.3 Å². The zero-order chi connectivity index (χ0) is 15.5. The van der Waals surface area contributed by atoms with Gasteiger partial charge in [0.25, 0.3) is 0 Å². The van der Waals surface area contributed by atoms with Crippen molar-refractivity contribution >= 4 is 22.5 Å². The second kappa shape index (κ2) is 5.73. The van der Waals surface area contributed by atoms with E-state index in [1.54, 1.807) is 24.4 Å². The highest BCUT2D eigenvalue weighted by Crippen LogP contribution is 2.25. The van der Waals surface area contributed by atoms with Crippen LogP contribution in [0, 0.1) is 0 Å². The van der Waals surface area contributed by atoms with Crippen LogP contribution in [0.5, 0.6) is 5.75 Å². The molecule has 0 aliphatic heterocycles. The Morgan fingerprint density at radius 1 is 1.05 bits per heavy atom. The quantitative estimate of drug-likeness (QED) is 0.573. The standard InChI is InChI=1S/C17H13NO4/c19-15-9-12-5-2-1-4-11(12)8-13(15)17(21)22-10-16(20)14-6-3-7-18-14/h1-9,18-19H,10H2. The third-order valence-corrected chi connectivity index (χ3v) is 3.32. The van der Waals surface area contributed by atoms with Gasteiger partial charge in [-0.2, -0.15) is 0 Å². The van der Waals surface area contributed by atoms with Gasteiger partial charge in [0.15, 0.2) is 6.61 Å². The van der Waals surface area contributed by atoms with E-state index in [1.807, 2.05) is 24.3 Å². The molecule has 5 heteroatoms. The molecule has 0 spiro atoms. The molecular formula is C17H13NO4. The van der Waals surface area contributed by atoms with E-state index < -0.39 is 5.97 Å². The van der Waals surface area contributed by atoms with E-state index in [1.165, 1.54) is 6.07 Å². The molecule has 0 bridgehead atoms. The largest absolute Gasteiger partial charge is 0.507 e. The van der Waals surface area contributed by atoms with Gasteiger partial charge in [0.1, 0.15) is 11.3 Å². The lowest BCUT2D eigenvalue weighted by atomic mass is 10.1. The number of rotatable bonds is 4. The van der Waals surface area contributed by atoms with Gasteiger partial charge in [-0.25, -0.2) is 4.79 Å². The average Bonchev–Trinajstić information content (AvgIpc) is 3.06. The zero-order valence-corrected chi connectivity index (χ0v) is 11.6. The van der Waals surface area contributed by atoms with E-state index in [-0.39, 0.29) is 23.7 Å². The molecule has 0 saturated heterocycles. The molecule has 0 unspecified atom stereocenters. The van der Waals surface area contributed by atoms with Crippen molar-refractivity contribution in [1.82, 2.24) is 4.98 Å². The minimum Gasteiger partial charge on any atom is -0.507 e. The van der Waals surface area contributed by atoms with Crippen molar-refractivity contribution in [1.29, 1.82) is 0 Å². The van der Waals surface area contributed by atoms with E-state index in [0.29, 0.717) is 5.69 Å². The van der Waals surface area contributed by atoms with E-state index in [4.69, 9.17) is 4.74 Å². The molecule has 3 aromatic rings. The highest BCUT2D eigenvalue weighted by Gasteiger charge is 2.16. The first-order valence-electron chi connectivity index (χ1n) is 6.70. The summed E-state index contributed by atoms with van der Waals surface area (Å²) in [6.07, 6.45) is 1.62. The molecule has 0 amide bonds. The number of benzene rings is 2. The van der Waals surface area contributed by atoms with Crippen LogP contribution in [0.1, 0.15) is 20.8 Å². The predicted octanol–water partition coefficient (Wildman–Crippen LogP) is 2.91. The molecule has 5 nitrogen and oxygen atoms in total. The van der Waals surface area contributed by atoms with E-state index in [9.17, 15) is 14.7 Å². The molecule has 0 aliphatic rings. The molecule has 1 aromatic heterocycles. The number of fused-ring (bicyclic) bond motifs is 1. The SMILES string of the molecule is O=C(COC(=O)c1cc2ccccc2cc1O)c1ccc[nH]1. The number of aromatic nitrogens is 1. The smallest absolute Gasteiger partial charge is 0.342 e. The number of phenols is 1. The number of aromatic hydroxyl groups is 1. The number of phenolic OH excluding ortho intramolecular Hbond substituents is 1. The summed E-state index contributed by atoms with van der Waals surface area (Å²) in [5.74, 6) is -1.24. The number of ether oxygens (including phenoxy) is 1. The summed E-state index contributed by atoms with van der Waals surface area (Å²) in [5.41, 5.74) is 0.411. The molecule has 0 fully saturated rings. The molecule has 22 heavy (non-hydrogen) atoms. The number of hydrogen-bond donors (Lipinski definition) is 2. The van der Waals surface area contributed by atoms with E-state index in [2.05, 4.69) is 4.98 Å². The maximum absolute atomic E-state index is 12.0. The maximum Gasteiger partial charge on any atom is 0.342 e. The van der Waals surface area contributed by atoms with Crippen molar-refractivity contribution in [2.75, 3.05) is 6.61 Å². The third-order valence-electron chi connectivity index (χ3n) is 3.32. The summed E-state index contributed by atoms with van der Waals surface area (Å²) in [6.45, 7) is -0.383. The fourth-order valence-corrected chi connectivity index (χ4v) is 2.18. The zero-order valence-electron chi connectivity index (χ0n) is 11.6. The molecular weight excluding hydrogens is 282 g/mol. The minimum atomic E-state index is -0.733. The van der Waals surface area contributed by atoms with Crippen molar-refractivity contribution in [3.63, 3.8) is 0 Å². The summed E-state index contributed by atoms with van der Waals surface area (Å²) >= 11 is 0. The summed E-state index contributed by atoms with van der Waals surface area (Å²) < 4.78 is 4.97. The lowest BCUT2D eigenvalue weighted by molar-refractivity contribution is 0.0471. The molecule has 0 aliphatic carbocycles. The van der Waals surface area contributed by atoms with Crippen molar-refractivity contribution in [2.24, 2.45) is 0 Å². The number of carbonyl (C=O) groups excluding carboxylic acids is 2. The van der Waals surface area contributed by atoms with Crippen LogP contribution in [0.3, 0.4) is 0 Å². The number of ketones is 1. The Balaban J connectivity index is 1.77. The van der Waals surface area contributed by atoms with Crippen LogP contribution in [0.4, 0.5) is 0 Å². The monoisotopic (exact) mass is 295 g/mol. The molecule has 2 aromatic carbocycles. The van der Waals surface area contributed by atoms with Crippen molar-refractivity contribution in [3.05, 3.63) is 66.0 Å². The first-order valence-corrected chi connectivity index (χ1v) is 6.70. The van der Waals surface area contributed by atoms with Crippen LogP contribution in [-0.4, -0.2) is 28.4 Å². The van der Waals surface area contributed by atoms with Gasteiger partial charge in [0.2, 0.25) is 5.78 Å². The van der Waals surface area contributed by atoms with E-state index >= 15 is 0 Å². The lowest BCUT2D eigenvalue weighted by Crippen LogP contribution is -2.14. The summed E-state index contributed by atoms with van der Waals surface area (Å²) in [5, 5.41) is 11.6. The van der Waals surface area contributed by atoms with Crippen molar-refractivity contribution in [2.45, 2.75) is 0 Å². The Morgan fingerprint density at radius 2 is 1.77 bits per heavy atom. The molecule has 1 heterocycles. The van der Waals surface area contributed by atoms with Crippen LogP contribution in [-0.2, 0) is 4.74 Å². The molecule has 0 saturated carbocycles. The number of H-pyrrole nitrogens is 1. The number of aromatic amines is 1. The summed E-state index contributed by atoms with van der Waals surface area (Å²) in [7, 11) is 0. The molecule has 2 N–H and O–H groups in total. The minimum absolute atomic E-state index is 0.0398. The topological polar surface area (TPSA) is 79.4 Å². The van der Waals surface area contributed by atoms with Crippen LogP contribution in [0.15, 0.2) is 54.7 Å². The molecule has 0 radical (unpaired) electrons. The molecule has 3 rings (SSSR count). The van der Waals surface area contributed by atoms with Gasteiger partial charge >= 0.3 is 5.97 Å². The Kier molecular flexibility index (Phi) is 3.62. The second-order valence-corrected chi connectivity index (χ2v) is 4.80. The lowest BCUT2D eigenvalue weighted by Gasteiger charge is -2.07. The predicted molar refractivity (Wildman–Crippen MR) is 81.0 cm³/mol. The Morgan fingerprint density at radius 3 is 2.45 bits per heavy atom. The summed E-state index contributed by atoms with van der Waals surface area (Å²) in [4.78, 5) is 26.6. The molecule has 0 atom stereocenters. The third kappa shape index (κ3) is 2.69. The second-order valence-electron chi connectivity index (χ2n) is 4.80. The van der Waals surface area contributed by atoms with Crippen molar-refractivity contribution < 1.29 is 19.4 Å². The number of nitrogens with one attached hydrogen (secondary N) is 1. The highest BCUT2D eigenvalue weighted by atomic mass is 16.5. The fraction of sp³-hybridized carbons (Fsp3) is 0.0588. The van der Waals surface area contributed by atoms with Crippen LogP contribution >= 0.6 is 0 Å². The van der Waals surface area contributed by atoms with Crippen LogP contribution in [0.25, 0.3) is 10.8 Å². The Labute approximate surface area is 126 Å². The Bertz CT molecular complexity index is 837. The van der Waals surface area contributed by atoms with Gasteiger partial charge in [0.05, 0.1) is 5.69 Å².